The normalized spacial score (nSPS) is 18.4. The van der Waals surface area contributed by atoms with E-state index < -0.39 is 28.4 Å². The number of quaternary nitrogens is 1. The highest BCUT2D eigenvalue weighted by molar-refractivity contribution is 6.46. The number of carbonyl (C=O) groups is 2. The highest BCUT2D eigenvalue weighted by atomic mass is 16.6. The highest BCUT2D eigenvalue weighted by Gasteiger charge is 2.44. The third-order valence-corrected chi connectivity index (χ3v) is 4.84. The van der Waals surface area contributed by atoms with Crippen molar-refractivity contribution < 1.29 is 24.5 Å². The number of Topliss-reactive ketones (excluding diaryl/α,β-unsaturated/α-hetero) is 1. The number of likely N-dealkylation sites (tertiary alicyclic amines) is 1. The number of hydrogen-bond acceptors (Lipinski definition) is 5. The lowest BCUT2D eigenvalue weighted by Crippen LogP contribution is -3.06. The molecule has 150 valence electrons. The van der Waals surface area contributed by atoms with Crippen molar-refractivity contribution >= 4 is 23.1 Å². The van der Waals surface area contributed by atoms with Crippen LogP contribution in [0.1, 0.15) is 17.2 Å². The Morgan fingerprint density at radius 1 is 1.07 bits per heavy atom. The van der Waals surface area contributed by atoms with Gasteiger partial charge in [0, 0.05) is 17.7 Å². The molecule has 1 heterocycles. The molecule has 1 unspecified atom stereocenters. The topological polar surface area (TPSA) is 108 Å². The Morgan fingerprint density at radius 2 is 1.69 bits per heavy atom. The van der Waals surface area contributed by atoms with E-state index in [1.807, 2.05) is 14.1 Å². The second-order valence-corrected chi connectivity index (χ2v) is 7.14. The largest absolute Gasteiger partial charge is 0.872 e. The summed E-state index contributed by atoms with van der Waals surface area (Å²) in [5.41, 5.74) is 0.576. The van der Waals surface area contributed by atoms with Crippen LogP contribution in [0.5, 0.6) is 0 Å². The van der Waals surface area contributed by atoms with Crippen LogP contribution in [0.3, 0.4) is 0 Å². The number of hydrogen-bond donors (Lipinski definition) is 1. The van der Waals surface area contributed by atoms with Gasteiger partial charge in [-0.2, -0.15) is 0 Å². The van der Waals surface area contributed by atoms with Gasteiger partial charge in [0.25, 0.3) is 11.6 Å². The molecule has 1 fully saturated rings. The zero-order valence-electron chi connectivity index (χ0n) is 16.1. The molecule has 29 heavy (non-hydrogen) atoms. The fourth-order valence-electron chi connectivity index (χ4n) is 3.31. The number of carbonyl (C=O) groups excluding carboxylic acids is 2. The number of nitrogens with one attached hydrogen (secondary N) is 1. The van der Waals surface area contributed by atoms with Gasteiger partial charge in [-0.25, -0.2) is 0 Å². The average Bonchev–Trinajstić information content (AvgIpc) is 2.97. The number of ketones is 1. The number of non-ortho nitro benzene ring substituents is 1. The first kappa shape index (κ1) is 20.2. The lowest BCUT2D eigenvalue weighted by Gasteiger charge is -2.27. The molecule has 0 radical (unpaired) electrons. The second-order valence-electron chi connectivity index (χ2n) is 7.14. The third-order valence-electron chi connectivity index (χ3n) is 4.84. The van der Waals surface area contributed by atoms with E-state index in [0.717, 1.165) is 4.90 Å². The fraction of sp³-hybridized carbons (Fsp3) is 0.238. The predicted octanol–water partition coefficient (Wildman–Crippen LogP) is -0.0367. The van der Waals surface area contributed by atoms with Gasteiger partial charge in [-0.3, -0.25) is 19.7 Å². The van der Waals surface area contributed by atoms with Crippen molar-refractivity contribution in [1.29, 1.82) is 0 Å². The highest BCUT2D eigenvalue weighted by Crippen LogP contribution is 2.38. The number of likely N-dealkylation sites (N-methyl/N-ethyl adjacent to an activating group) is 1. The van der Waals surface area contributed by atoms with Crippen molar-refractivity contribution in [2.24, 2.45) is 0 Å². The molecule has 1 aliphatic rings. The molecule has 0 aromatic heterocycles. The molecule has 1 N–H and O–H groups in total. The molecular formula is C21H21N3O5. The van der Waals surface area contributed by atoms with Gasteiger partial charge in [-0.15, -0.1) is 0 Å². The maximum Gasteiger partial charge on any atom is 0.295 e. The molecule has 0 aliphatic carbocycles. The standard InChI is InChI=1S/C21H21N3O5/c1-22(2)12-13-23-18(14-8-10-16(11-9-14)24(28)29)17(20(26)21(23)27)19(25)15-6-4-3-5-7-15/h3-11,18,25H,12-13H2,1-2H3. The van der Waals surface area contributed by atoms with Gasteiger partial charge in [0.1, 0.15) is 0 Å². The van der Waals surface area contributed by atoms with Crippen LogP contribution in [-0.2, 0) is 9.59 Å². The number of amides is 1. The molecule has 1 saturated heterocycles. The SMILES string of the molecule is C[NH+](C)CCN1C(=O)C(=O)C(=C([O-])c2ccccc2)C1c1ccc([N+](=O)[O-])cc1. The molecule has 1 amide bonds. The zero-order chi connectivity index (χ0) is 21.1. The van der Waals surface area contributed by atoms with Crippen LogP contribution in [0.25, 0.3) is 5.76 Å². The molecule has 8 heteroatoms. The number of benzene rings is 2. The van der Waals surface area contributed by atoms with Crippen LogP contribution in [-0.4, -0.2) is 48.7 Å². The first-order valence-electron chi connectivity index (χ1n) is 9.16. The first-order valence-corrected chi connectivity index (χ1v) is 9.16. The Bertz CT molecular complexity index is 968. The van der Waals surface area contributed by atoms with Crippen LogP contribution in [0.2, 0.25) is 0 Å². The Balaban J connectivity index is 2.13. The molecule has 3 rings (SSSR count). The molecular weight excluding hydrogens is 374 g/mol. The van der Waals surface area contributed by atoms with Gasteiger partial charge >= 0.3 is 0 Å². The lowest BCUT2D eigenvalue weighted by atomic mass is 9.95. The summed E-state index contributed by atoms with van der Waals surface area (Å²) < 4.78 is 0. The molecule has 0 spiro atoms. The van der Waals surface area contributed by atoms with Gasteiger partial charge in [0.05, 0.1) is 38.2 Å². The average molecular weight is 395 g/mol. The van der Waals surface area contributed by atoms with E-state index in [2.05, 4.69) is 0 Å². The van der Waals surface area contributed by atoms with Crippen LogP contribution >= 0.6 is 0 Å². The molecule has 1 atom stereocenters. The van der Waals surface area contributed by atoms with E-state index in [1.165, 1.54) is 29.2 Å². The second kappa shape index (κ2) is 8.24. The first-order chi connectivity index (χ1) is 13.8. The van der Waals surface area contributed by atoms with Crippen molar-refractivity contribution in [3.8, 4) is 0 Å². The minimum absolute atomic E-state index is 0.107. The fourth-order valence-corrected chi connectivity index (χ4v) is 3.31. The zero-order valence-corrected chi connectivity index (χ0v) is 16.1. The van der Waals surface area contributed by atoms with Gasteiger partial charge in [0.15, 0.2) is 0 Å². The van der Waals surface area contributed by atoms with Crippen LogP contribution < -0.4 is 10.0 Å². The number of nitro benzene ring substituents is 1. The summed E-state index contributed by atoms with van der Waals surface area (Å²) in [5.74, 6) is -2.06. The third kappa shape index (κ3) is 4.02. The Kier molecular flexibility index (Phi) is 5.74. The van der Waals surface area contributed by atoms with E-state index in [-0.39, 0.29) is 17.8 Å². The monoisotopic (exact) mass is 395 g/mol. The summed E-state index contributed by atoms with van der Waals surface area (Å²) in [6.07, 6.45) is 0. The summed E-state index contributed by atoms with van der Waals surface area (Å²) in [4.78, 5) is 38.4. The molecule has 0 saturated carbocycles. The minimum atomic E-state index is -0.872. The number of nitrogens with zero attached hydrogens (tertiary/aromatic N) is 2. The maximum absolute atomic E-state index is 13.1. The van der Waals surface area contributed by atoms with Gasteiger partial charge in [-0.1, -0.05) is 36.1 Å². The van der Waals surface area contributed by atoms with Crippen molar-refractivity contribution in [3.63, 3.8) is 0 Å². The van der Waals surface area contributed by atoms with Gasteiger partial charge < -0.3 is 14.9 Å². The van der Waals surface area contributed by atoms with Gasteiger partial charge in [-0.05, 0) is 23.3 Å². The molecule has 0 bridgehead atoms. The van der Waals surface area contributed by atoms with Crippen molar-refractivity contribution in [1.82, 2.24) is 4.90 Å². The van der Waals surface area contributed by atoms with Crippen molar-refractivity contribution in [2.75, 3.05) is 27.2 Å². The lowest BCUT2D eigenvalue weighted by molar-refractivity contribution is -0.857. The summed E-state index contributed by atoms with van der Waals surface area (Å²) in [7, 11) is 3.84. The van der Waals surface area contributed by atoms with Crippen molar-refractivity contribution in [2.45, 2.75) is 6.04 Å². The van der Waals surface area contributed by atoms with Crippen molar-refractivity contribution in [3.05, 3.63) is 81.4 Å². The van der Waals surface area contributed by atoms with E-state index in [0.29, 0.717) is 17.7 Å². The summed E-state index contributed by atoms with van der Waals surface area (Å²) in [5, 5.41) is 24.1. The van der Waals surface area contributed by atoms with Gasteiger partial charge in [0.2, 0.25) is 5.78 Å². The molecule has 2 aromatic rings. The molecule has 1 aliphatic heterocycles. The minimum Gasteiger partial charge on any atom is -0.872 e. The van der Waals surface area contributed by atoms with Crippen LogP contribution in [0, 0.1) is 10.1 Å². The van der Waals surface area contributed by atoms with Crippen LogP contribution in [0.15, 0.2) is 60.2 Å². The Hall–Kier alpha value is -3.52. The Labute approximate surface area is 167 Å². The smallest absolute Gasteiger partial charge is 0.295 e. The Morgan fingerprint density at radius 3 is 2.24 bits per heavy atom. The summed E-state index contributed by atoms with van der Waals surface area (Å²) in [6.45, 7) is 0.857. The molecule has 8 nitrogen and oxygen atoms in total. The van der Waals surface area contributed by atoms with E-state index >= 15 is 0 Å². The molecule has 2 aromatic carbocycles. The number of rotatable bonds is 6. The predicted molar refractivity (Wildman–Crippen MR) is 104 cm³/mol. The summed E-state index contributed by atoms with van der Waals surface area (Å²) >= 11 is 0. The quantitative estimate of drug-likeness (QED) is 0.243. The summed E-state index contributed by atoms with van der Waals surface area (Å²) in [6, 6.07) is 13.0. The number of nitro groups is 1. The van der Waals surface area contributed by atoms with E-state index in [9.17, 15) is 24.8 Å². The van der Waals surface area contributed by atoms with E-state index in [1.54, 1.807) is 30.3 Å². The van der Waals surface area contributed by atoms with Crippen LogP contribution in [0.4, 0.5) is 5.69 Å². The van der Waals surface area contributed by atoms with E-state index in [4.69, 9.17) is 0 Å². The maximum atomic E-state index is 13.1.